The molecule has 0 radical (unpaired) electrons. The average Bonchev–Trinajstić information content (AvgIpc) is 2.72. The molecule has 9 nitrogen and oxygen atoms in total. The number of benzene rings is 1. The summed E-state index contributed by atoms with van der Waals surface area (Å²) in [6, 6.07) is 10.8. The first-order chi connectivity index (χ1) is 15.4. The molecule has 3 rings (SSSR count). The molecule has 33 heavy (non-hydrogen) atoms. The second-order valence-corrected chi connectivity index (χ2v) is 10.1. The Labute approximate surface area is 192 Å². The molecule has 0 saturated heterocycles. The third-order valence-electron chi connectivity index (χ3n) is 4.41. The number of carbonyl (C=O) groups excluding carboxylic acids is 1. The van der Waals surface area contributed by atoms with E-state index in [9.17, 15) is 18.0 Å². The van der Waals surface area contributed by atoms with Gasteiger partial charge in [0.25, 0.3) is 5.91 Å². The first-order valence-corrected chi connectivity index (χ1v) is 11.5. The first-order valence-electron chi connectivity index (χ1n) is 9.97. The second-order valence-electron chi connectivity index (χ2n) is 8.48. The van der Waals surface area contributed by atoms with Gasteiger partial charge in [-0.1, -0.05) is 23.8 Å². The number of sulfonamides is 1. The van der Waals surface area contributed by atoms with Crippen molar-refractivity contribution in [2.45, 2.75) is 38.1 Å². The van der Waals surface area contributed by atoms with Gasteiger partial charge in [0.1, 0.15) is 11.4 Å². The van der Waals surface area contributed by atoms with Crippen molar-refractivity contribution in [3.63, 3.8) is 0 Å². The number of amides is 1. The van der Waals surface area contributed by atoms with Gasteiger partial charge < -0.3 is 10.4 Å². The number of anilines is 1. The van der Waals surface area contributed by atoms with Crippen molar-refractivity contribution in [3.8, 4) is 11.1 Å². The summed E-state index contributed by atoms with van der Waals surface area (Å²) in [6.07, 6.45) is 2.67. The molecule has 2 aromatic heterocycles. The van der Waals surface area contributed by atoms with E-state index in [2.05, 4.69) is 20.0 Å². The van der Waals surface area contributed by atoms with Crippen molar-refractivity contribution in [2.24, 2.45) is 0 Å². The summed E-state index contributed by atoms with van der Waals surface area (Å²) in [5, 5.41) is 11.5. The maximum absolute atomic E-state index is 13.0. The van der Waals surface area contributed by atoms with Crippen LogP contribution in [0.5, 0.6) is 0 Å². The van der Waals surface area contributed by atoms with Crippen molar-refractivity contribution in [1.82, 2.24) is 14.7 Å². The molecule has 0 atom stereocenters. The van der Waals surface area contributed by atoms with Crippen LogP contribution in [0.1, 0.15) is 47.3 Å². The average molecular weight is 469 g/mol. The third-order valence-corrected chi connectivity index (χ3v) is 6.23. The van der Waals surface area contributed by atoms with E-state index >= 15 is 0 Å². The van der Waals surface area contributed by atoms with Gasteiger partial charge in [-0.05, 0) is 52.0 Å². The highest BCUT2D eigenvalue weighted by atomic mass is 32.2. The van der Waals surface area contributed by atoms with E-state index in [-0.39, 0.29) is 16.3 Å². The molecule has 0 fully saturated rings. The van der Waals surface area contributed by atoms with Crippen LogP contribution in [0.3, 0.4) is 0 Å². The van der Waals surface area contributed by atoms with Crippen molar-refractivity contribution >= 4 is 27.6 Å². The fraction of sp³-hybridized carbons (Fsp3) is 0.217. The number of hydrogen-bond donors (Lipinski definition) is 3. The first kappa shape index (κ1) is 24.0. The number of rotatable bonds is 6. The van der Waals surface area contributed by atoms with Crippen LogP contribution in [0.15, 0.2) is 59.8 Å². The Hall–Kier alpha value is -3.63. The molecule has 172 valence electrons. The Kier molecular flexibility index (Phi) is 6.61. The lowest BCUT2D eigenvalue weighted by molar-refractivity contribution is 0.0690. The molecule has 3 N–H and O–H groups in total. The van der Waals surface area contributed by atoms with Crippen LogP contribution in [-0.2, 0) is 10.0 Å². The van der Waals surface area contributed by atoms with E-state index in [1.54, 1.807) is 45.0 Å². The Morgan fingerprint density at radius 1 is 0.939 bits per heavy atom. The van der Waals surface area contributed by atoms with Crippen LogP contribution in [0.2, 0.25) is 0 Å². The van der Waals surface area contributed by atoms with Gasteiger partial charge >= 0.3 is 5.97 Å². The minimum Gasteiger partial charge on any atom is -0.477 e. The molecule has 0 saturated carbocycles. The van der Waals surface area contributed by atoms with E-state index in [4.69, 9.17) is 5.11 Å². The number of carboxylic acid groups (broad SMARTS) is 1. The third kappa shape index (κ3) is 5.99. The van der Waals surface area contributed by atoms with Gasteiger partial charge in [0.2, 0.25) is 10.0 Å². The van der Waals surface area contributed by atoms with Gasteiger partial charge in [-0.2, -0.15) is 0 Å². The highest BCUT2D eigenvalue weighted by Gasteiger charge is 2.25. The van der Waals surface area contributed by atoms with Gasteiger partial charge in [-0.25, -0.2) is 22.9 Å². The van der Waals surface area contributed by atoms with Crippen molar-refractivity contribution in [3.05, 3.63) is 71.8 Å². The Bertz CT molecular complexity index is 1300. The molecular weight excluding hydrogens is 444 g/mol. The molecule has 3 aromatic rings. The lowest BCUT2D eigenvalue weighted by Gasteiger charge is -2.22. The van der Waals surface area contributed by atoms with Crippen LogP contribution in [0.25, 0.3) is 11.1 Å². The normalized spacial score (nSPS) is 11.8. The van der Waals surface area contributed by atoms with E-state index < -0.39 is 27.4 Å². The zero-order valence-corrected chi connectivity index (χ0v) is 19.4. The maximum atomic E-state index is 13.0. The Balaban J connectivity index is 1.87. The summed E-state index contributed by atoms with van der Waals surface area (Å²) in [7, 11) is -3.80. The molecule has 0 aliphatic heterocycles. The lowest BCUT2D eigenvalue weighted by atomic mass is 10.0. The predicted molar refractivity (Wildman–Crippen MR) is 124 cm³/mol. The topological polar surface area (TPSA) is 138 Å². The fourth-order valence-electron chi connectivity index (χ4n) is 3.04. The summed E-state index contributed by atoms with van der Waals surface area (Å²) in [4.78, 5) is 31.4. The molecule has 0 spiro atoms. The maximum Gasteiger partial charge on any atom is 0.354 e. The quantitative estimate of drug-likeness (QED) is 0.503. The molecule has 2 heterocycles. The van der Waals surface area contributed by atoms with Crippen LogP contribution < -0.4 is 10.0 Å². The molecule has 0 aliphatic rings. The standard InChI is InChI=1S/C23H24N4O5S/c1-14-5-10-20(33(31,32)27-23(2,3)4)17(11-14)15-6-8-18(24-12-15)21(28)26-16-7-9-19(22(29)30)25-13-16/h5-13,27H,1-4H3,(H,26,28)(H,29,30). The molecule has 0 bridgehead atoms. The molecule has 0 unspecified atom stereocenters. The van der Waals surface area contributed by atoms with E-state index in [1.807, 2.05) is 6.92 Å². The molecule has 10 heteroatoms. The number of aromatic carboxylic acids is 1. The van der Waals surface area contributed by atoms with Crippen LogP contribution in [-0.4, -0.2) is 40.9 Å². The number of hydrogen-bond acceptors (Lipinski definition) is 6. The molecule has 1 amide bonds. The fourth-order valence-corrected chi connectivity index (χ4v) is 4.67. The van der Waals surface area contributed by atoms with Crippen LogP contribution >= 0.6 is 0 Å². The Morgan fingerprint density at radius 3 is 2.15 bits per heavy atom. The summed E-state index contributed by atoms with van der Waals surface area (Å²) in [6.45, 7) is 7.14. The number of carboxylic acids is 1. The number of aryl methyl sites for hydroxylation is 1. The van der Waals surface area contributed by atoms with E-state index in [0.29, 0.717) is 16.8 Å². The van der Waals surface area contributed by atoms with Crippen molar-refractivity contribution in [1.29, 1.82) is 0 Å². The number of pyridine rings is 2. The lowest BCUT2D eigenvalue weighted by Crippen LogP contribution is -2.40. The van der Waals surface area contributed by atoms with Crippen molar-refractivity contribution in [2.75, 3.05) is 5.32 Å². The predicted octanol–water partition coefficient (Wildman–Crippen LogP) is 3.48. The monoisotopic (exact) mass is 468 g/mol. The number of carbonyl (C=O) groups is 2. The van der Waals surface area contributed by atoms with Gasteiger partial charge in [0, 0.05) is 22.9 Å². The van der Waals surface area contributed by atoms with Gasteiger partial charge in [-0.15, -0.1) is 0 Å². The highest BCUT2D eigenvalue weighted by molar-refractivity contribution is 7.89. The summed E-state index contributed by atoms with van der Waals surface area (Å²) in [5.41, 5.74) is 1.51. The van der Waals surface area contributed by atoms with Crippen molar-refractivity contribution < 1.29 is 23.1 Å². The molecule has 1 aromatic carbocycles. The summed E-state index contributed by atoms with van der Waals surface area (Å²) < 4.78 is 28.6. The second kappa shape index (κ2) is 9.08. The minimum atomic E-state index is -3.80. The summed E-state index contributed by atoms with van der Waals surface area (Å²) >= 11 is 0. The highest BCUT2D eigenvalue weighted by Crippen LogP contribution is 2.29. The zero-order chi connectivity index (χ0) is 24.4. The number of nitrogens with one attached hydrogen (secondary N) is 2. The van der Waals surface area contributed by atoms with Gasteiger partial charge in [0.05, 0.1) is 16.8 Å². The minimum absolute atomic E-state index is 0.103. The van der Waals surface area contributed by atoms with E-state index in [1.165, 1.54) is 30.6 Å². The Morgan fingerprint density at radius 2 is 1.61 bits per heavy atom. The molecule has 0 aliphatic carbocycles. The smallest absolute Gasteiger partial charge is 0.354 e. The van der Waals surface area contributed by atoms with Crippen LogP contribution in [0, 0.1) is 6.92 Å². The van der Waals surface area contributed by atoms with Gasteiger partial charge in [-0.3, -0.25) is 9.78 Å². The zero-order valence-electron chi connectivity index (χ0n) is 18.6. The SMILES string of the molecule is Cc1ccc(S(=O)(=O)NC(C)(C)C)c(-c2ccc(C(=O)Nc3ccc(C(=O)O)nc3)nc2)c1. The largest absolute Gasteiger partial charge is 0.477 e. The van der Waals surface area contributed by atoms with Gasteiger partial charge in [0.15, 0.2) is 0 Å². The number of aromatic nitrogens is 2. The molecular formula is C23H24N4O5S. The van der Waals surface area contributed by atoms with E-state index in [0.717, 1.165) is 5.56 Å². The van der Waals surface area contributed by atoms with Crippen LogP contribution in [0.4, 0.5) is 5.69 Å². The number of nitrogens with zero attached hydrogens (tertiary/aromatic N) is 2. The summed E-state index contributed by atoms with van der Waals surface area (Å²) in [5.74, 6) is -1.68.